The molecule has 2 aromatic rings. The van der Waals surface area contributed by atoms with Gasteiger partial charge in [0.25, 0.3) is 11.8 Å². The molecule has 2 aromatic carbocycles. The number of carbonyl (C=O) groups excluding carboxylic acids is 2. The average Bonchev–Trinajstić information content (AvgIpc) is 2.73. The van der Waals surface area contributed by atoms with E-state index >= 15 is 0 Å². The summed E-state index contributed by atoms with van der Waals surface area (Å²) in [6, 6.07) is 16.6. The molecular weight excluding hydrogens is 336 g/mol. The van der Waals surface area contributed by atoms with Gasteiger partial charge in [0.05, 0.1) is 0 Å². The molecule has 4 nitrogen and oxygen atoms in total. The third-order valence-electron chi connectivity index (χ3n) is 4.82. The zero-order chi connectivity index (χ0) is 18.9. The van der Waals surface area contributed by atoms with E-state index in [1.54, 1.807) is 24.3 Å². The van der Waals surface area contributed by atoms with Gasteiger partial charge in [-0.05, 0) is 61.9 Å². The van der Waals surface area contributed by atoms with Gasteiger partial charge < -0.3 is 10.6 Å². The van der Waals surface area contributed by atoms with Crippen molar-refractivity contribution in [3.63, 3.8) is 0 Å². The minimum absolute atomic E-state index is 0.0948. The lowest BCUT2D eigenvalue weighted by Crippen LogP contribution is -2.25. The van der Waals surface area contributed by atoms with E-state index in [1.807, 2.05) is 30.3 Å². The normalized spacial score (nSPS) is 13.6. The molecule has 0 spiro atoms. The van der Waals surface area contributed by atoms with Gasteiger partial charge in [-0.25, -0.2) is 0 Å². The van der Waals surface area contributed by atoms with Crippen LogP contribution in [0, 0.1) is 0 Å². The lowest BCUT2D eigenvalue weighted by atomic mass is 9.97. The van der Waals surface area contributed by atoms with Crippen molar-refractivity contribution in [3.8, 4) is 0 Å². The predicted molar refractivity (Wildman–Crippen MR) is 108 cm³/mol. The zero-order valence-corrected chi connectivity index (χ0v) is 15.5. The van der Waals surface area contributed by atoms with E-state index < -0.39 is 0 Å². The van der Waals surface area contributed by atoms with Crippen molar-refractivity contribution in [1.29, 1.82) is 0 Å². The molecule has 1 aliphatic rings. The van der Waals surface area contributed by atoms with E-state index in [9.17, 15) is 9.59 Å². The molecule has 2 N–H and O–H groups in total. The van der Waals surface area contributed by atoms with E-state index in [0.717, 1.165) is 24.8 Å². The van der Waals surface area contributed by atoms with Crippen molar-refractivity contribution in [2.75, 3.05) is 6.54 Å². The number of hydrogen-bond acceptors (Lipinski definition) is 2. The fourth-order valence-corrected chi connectivity index (χ4v) is 3.22. The van der Waals surface area contributed by atoms with Crippen LogP contribution in [0.4, 0.5) is 0 Å². The van der Waals surface area contributed by atoms with Crippen LogP contribution in [-0.2, 0) is 6.54 Å². The Balaban J connectivity index is 1.46. The quantitative estimate of drug-likeness (QED) is 0.724. The molecule has 0 aliphatic heterocycles. The average molecular weight is 362 g/mol. The van der Waals surface area contributed by atoms with Gasteiger partial charge in [0, 0.05) is 24.2 Å². The van der Waals surface area contributed by atoms with Gasteiger partial charge in [0.2, 0.25) is 0 Å². The van der Waals surface area contributed by atoms with Crippen LogP contribution in [0.25, 0.3) is 0 Å². The number of hydrogen-bond donors (Lipinski definition) is 2. The second-order valence-corrected chi connectivity index (χ2v) is 6.86. The van der Waals surface area contributed by atoms with E-state index in [2.05, 4.69) is 16.7 Å². The minimum Gasteiger partial charge on any atom is -0.352 e. The van der Waals surface area contributed by atoms with Crippen molar-refractivity contribution >= 4 is 11.8 Å². The molecular formula is C23H26N2O2. The van der Waals surface area contributed by atoms with E-state index in [0.29, 0.717) is 24.2 Å². The Labute approximate surface area is 160 Å². The minimum atomic E-state index is -0.143. The summed E-state index contributed by atoms with van der Waals surface area (Å²) >= 11 is 0. The second-order valence-electron chi connectivity index (χ2n) is 6.86. The summed E-state index contributed by atoms with van der Waals surface area (Å²) in [5.74, 6) is -0.238. The molecule has 0 unspecified atom stereocenters. The van der Waals surface area contributed by atoms with Crippen molar-refractivity contribution in [2.45, 2.75) is 38.6 Å². The van der Waals surface area contributed by atoms with Crippen LogP contribution < -0.4 is 10.6 Å². The molecule has 1 aliphatic carbocycles. The van der Waals surface area contributed by atoms with Gasteiger partial charge in [0.15, 0.2) is 0 Å². The van der Waals surface area contributed by atoms with Gasteiger partial charge in [-0.1, -0.05) is 42.0 Å². The monoisotopic (exact) mass is 362 g/mol. The van der Waals surface area contributed by atoms with Crippen LogP contribution in [0.1, 0.15) is 58.4 Å². The molecule has 2 amide bonds. The molecule has 0 fully saturated rings. The van der Waals surface area contributed by atoms with Crippen LogP contribution in [-0.4, -0.2) is 18.4 Å². The predicted octanol–water partition coefficient (Wildman–Crippen LogP) is 4.24. The lowest BCUT2D eigenvalue weighted by molar-refractivity contribution is 0.0940. The van der Waals surface area contributed by atoms with Gasteiger partial charge in [-0.2, -0.15) is 0 Å². The first-order chi connectivity index (χ1) is 13.2. The molecule has 0 radical (unpaired) electrons. The molecule has 3 rings (SSSR count). The highest BCUT2D eigenvalue weighted by Crippen LogP contribution is 2.19. The lowest BCUT2D eigenvalue weighted by Gasteiger charge is -2.13. The van der Waals surface area contributed by atoms with Gasteiger partial charge in [-0.15, -0.1) is 0 Å². The van der Waals surface area contributed by atoms with Crippen molar-refractivity contribution in [1.82, 2.24) is 10.6 Å². The van der Waals surface area contributed by atoms with Crippen LogP contribution in [0.2, 0.25) is 0 Å². The fourth-order valence-electron chi connectivity index (χ4n) is 3.22. The maximum atomic E-state index is 12.2. The third kappa shape index (κ3) is 5.81. The number of amides is 2. The van der Waals surface area contributed by atoms with Crippen LogP contribution >= 0.6 is 0 Å². The molecule has 0 aromatic heterocycles. The first kappa shape index (κ1) is 18.9. The van der Waals surface area contributed by atoms with Gasteiger partial charge in [-0.3, -0.25) is 9.59 Å². The largest absolute Gasteiger partial charge is 0.352 e. The smallest absolute Gasteiger partial charge is 0.251 e. The summed E-state index contributed by atoms with van der Waals surface area (Å²) in [6.45, 7) is 1.14. The van der Waals surface area contributed by atoms with Gasteiger partial charge >= 0.3 is 0 Å². The topological polar surface area (TPSA) is 58.2 Å². The SMILES string of the molecule is O=C(NCCC1=CCCCC1)c1ccc(C(=O)NCc2ccccc2)cc1. The Bertz CT molecular complexity index is 795. The molecule has 140 valence electrons. The molecule has 0 saturated heterocycles. The summed E-state index contributed by atoms with van der Waals surface area (Å²) in [7, 11) is 0. The highest BCUT2D eigenvalue weighted by Gasteiger charge is 2.09. The number of carbonyl (C=O) groups is 2. The zero-order valence-electron chi connectivity index (χ0n) is 15.5. The van der Waals surface area contributed by atoms with Crippen molar-refractivity contribution < 1.29 is 9.59 Å². The van der Waals surface area contributed by atoms with Crippen molar-refractivity contribution in [3.05, 3.63) is 82.9 Å². The first-order valence-electron chi connectivity index (χ1n) is 9.60. The first-order valence-corrected chi connectivity index (χ1v) is 9.60. The van der Waals surface area contributed by atoms with Crippen LogP contribution in [0.3, 0.4) is 0 Å². The maximum Gasteiger partial charge on any atom is 0.251 e. The molecule has 0 atom stereocenters. The Hall–Kier alpha value is -2.88. The van der Waals surface area contributed by atoms with Crippen molar-refractivity contribution in [2.24, 2.45) is 0 Å². The number of benzene rings is 2. The summed E-state index contributed by atoms with van der Waals surface area (Å²) in [5.41, 5.74) is 3.63. The van der Waals surface area contributed by atoms with E-state index in [4.69, 9.17) is 0 Å². The van der Waals surface area contributed by atoms with Crippen LogP contribution in [0.5, 0.6) is 0 Å². The second kappa shape index (κ2) is 9.72. The highest BCUT2D eigenvalue weighted by atomic mass is 16.2. The fraction of sp³-hybridized carbons (Fsp3) is 0.304. The Morgan fingerprint density at radius 1 is 0.815 bits per heavy atom. The summed E-state index contributed by atoms with van der Waals surface area (Å²) in [6.07, 6.45) is 8.08. The maximum absolute atomic E-state index is 12.2. The Kier molecular flexibility index (Phi) is 6.80. The number of allylic oxidation sites excluding steroid dienone is 1. The molecule has 0 saturated carbocycles. The number of nitrogens with one attached hydrogen (secondary N) is 2. The molecule has 27 heavy (non-hydrogen) atoms. The Morgan fingerprint density at radius 2 is 1.48 bits per heavy atom. The van der Waals surface area contributed by atoms with Crippen LogP contribution in [0.15, 0.2) is 66.2 Å². The third-order valence-corrected chi connectivity index (χ3v) is 4.82. The van der Waals surface area contributed by atoms with E-state index in [-0.39, 0.29) is 11.8 Å². The molecule has 4 heteroatoms. The standard InChI is InChI=1S/C23H26N2O2/c26-22(24-16-15-18-7-3-1-4-8-18)20-11-13-21(14-12-20)23(27)25-17-19-9-5-2-6-10-19/h2,5-7,9-14H,1,3-4,8,15-17H2,(H,24,26)(H,25,27). The highest BCUT2D eigenvalue weighted by molar-refractivity contribution is 5.97. The number of rotatable bonds is 7. The summed E-state index contributed by atoms with van der Waals surface area (Å²) < 4.78 is 0. The summed E-state index contributed by atoms with van der Waals surface area (Å²) in [5, 5.41) is 5.85. The van der Waals surface area contributed by atoms with Gasteiger partial charge in [0.1, 0.15) is 0 Å². The van der Waals surface area contributed by atoms with E-state index in [1.165, 1.54) is 18.4 Å². The molecule has 0 heterocycles. The summed E-state index contributed by atoms with van der Waals surface area (Å²) in [4.78, 5) is 24.5. The Morgan fingerprint density at radius 3 is 2.11 bits per heavy atom. The molecule has 0 bridgehead atoms.